The van der Waals surface area contributed by atoms with Crippen LogP contribution in [0.15, 0.2) is 36.4 Å². The van der Waals surface area contributed by atoms with Crippen molar-refractivity contribution in [1.82, 2.24) is 0 Å². The van der Waals surface area contributed by atoms with Crippen LogP contribution in [0.5, 0.6) is 0 Å². The number of nitrogen functional groups attached to an aromatic ring is 1. The first kappa shape index (κ1) is 12.1. The van der Waals surface area contributed by atoms with Gasteiger partial charge in [-0.3, -0.25) is 0 Å². The molecule has 0 spiro atoms. The number of hydrogen-bond donors (Lipinski definition) is 2. The second-order valence-corrected chi connectivity index (χ2v) is 4.74. The van der Waals surface area contributed by atoms with E-state index in [1.54, 1.807) is 12.1 Å². The Balaban J connectivity index is 2.33. The predicted octanol–water partition coefficient (Wildman–Crippen LogP) is 3.90. The molecule has 88 valence electrons. The van der Waals surface area contributed by atoms with E-state index in [2.05, 4.69) is 27.9 Å². The van der Waals surface area contributed by atoms with Gasteiger partial charge in [0.25, 0.3) is 0 Å². The minimum absolute atomic E-state index is 0.0631. The first-order chi connectivity index (χ1) is 8.06. The molecule has 0 radical (unpaired) electrons. The van der Waals surface area contributed by atoms with Gasteiger partial charge in [0.1, 0.15) is 5.69 Å². The number of nitrogens with two attached hydrogens (primary N) is 1. The van der Waals surface area contributed by atoms with Crippen molar-refractivity contribution in [3.05, 3.63) is 51.6 Å². The van der Waals surface area contributed by atoms with Crippen molar-refractivity contribution < 1.29 is 8.78 Å². The molecule has 3 N–H and O–H groups in total. The highest BCUT2D eigenvalue weighted by Gasteiger charge is 2.10. The average Bonchev–Trinajstić information content (AvgIpc) is 2.26. The summed E-state index contributed by atoms with van der Waals surface area (Å²) in [6.45, 7) is 0. The van der Waals surface area contributed by atoms with Crippen molar-refractivity contribution >= 4 is 39.7 Å². The molecule has 0 atom stereocenters. The lowest BCUT2D eigenvalue weighted by Gasteiger charge is -2.09. The number of anilines is 3. The van der Waals surface area contributed by atoms with Gasteiger partial charge in [-0.05, 0) is 59.0 Å². The van der Waals surface area contributed by atoms with Crippen LogP contribution in [-0.2, 0) is 0 Å². The number of halogens is 3. The average molecular weight is 346 g/mol. The predicted molar refractivity (Wildman–Crippen MR) is 73.2 cm³/mol. The highest BCUT2D eigenvalue weighted by Crippen LogP contribution is 2.25. The fraction of sp³-hybridized carbons (Fsp3) is 0. The molecule has 0 aromatic heterocycles. The normalized spacial score (nSPS) is 10.3. The van der Waals surface area contributed by atoms with Crippen LogP contribution in [0.1, 0.15) is 0 Å². The summed E-state index contributed by atoms with van der Waals surface area (Å²) in [6, 6.07) is 9.34. The maximum Gasteiger partial charge on any atom is 0.151 e. The molecule has 0 saturated carbocycles. The third-order valence-electron chi connectivity index (χ3n) is 2.18. The molecule has 0 heterocycles. The van der Waals surface area contributed by atoms with Crippen molar-refractivity contribution in [2.75, 3.05) is 11.1 Å². The molecule has 0 aliphatic heterocycles. The third-order valence-corrected chi connectivity index (χ3v) is 2.90. The molecule has 2 aromatic rings. The summed E-state index contributed by atoms with van der Waals surface area (Å²) in [5.74, 6) is -1.41. The van der Waals surface area contributed by atoms with Crippen molar-refractivity contribution in [1.29, 1.82) is 0 Å². The van der Waals surface area contributed by atoms with Gasteiger partial charge in [-0.1, -0.05) is 0 Å². The first-order valence-corrected chi connectivity index (χ1v) is 5.91. The molecule has 0 amide bonds. The molecule has 0 fully saturated rings. The second kappa shape index (κ2) is 4.87. The fourth-order valence-electron chi connectivity index (χ4n) is 1.39. The van der Waals surface area contributed by atoms with Crippen LogP contribution in [0.25, 0.3) is 0 Å². The number of rotatable bonds is 2. The van der Waals surface area contributed by atoms with Gasteiger partial charge in [0.15, 0.2) is 11.6 Å². The summed E-state index contributed by atoms with van der Waals surface area (Å²) < 4.78 is 28.0. The molecule has 5 heteroatoms. The van der Waals surface area contributed by atoms with Crippen molar-refractivity contribution in [2.24, 2.45) is 0 Å². The fourth-order valence-corrected chi connectivity index (χ4v) is 1.75. The van der Waals surface area contributed by atoms with Gasteiger partial charge in [-0.2, -0.15) is 0 Å². The topological polar surface area (TPSA) is 38.0 Å². The minimum Gasteiger partial charge on any atom is -0.399 e. The van der Waals surface area contributed by atoms with E-state index in [1.165, 1.54) is 0 Å². The van der Waals surface area contributed by atoms with Crippen LogP contribution in [0.2, 0.25) is 0 Å². The quantitative estimate of drug-likeness (QED) is 0.640. The van der Waals surface area contributed by atoms with Gasteiger partial charge < -0.3 is 11.1 Å². The van der Waals surface area contributed by atoms with Gasteiger partial charge in [0.05, 0.1) is 0 Å². The lowest BCUT2D eigenvalue weighted by molar-refractivity contribution is 0.592. The maximum atomic E-state index is 13.5. The Morgan fingerprint density at radius 3 is 2.06 bits per heavy atom. The van der Waals surface area contributed by atoms with Gasteiger partial charge in [-0.15, -0.1) is 0 Å². The number of hydrogen-bond acceptors (Lipinski definition) is 2. The maximum absolute atomic E-state index is 13.5. The Morgan fingerprint density at radius 2 is 1.53 bits per heavy atom. The summed E-state index contributed by atoms with van der Waals surface area (Å²) in [4.78, 5) is 0. The Morgan fingerprint density at radius 1 is 1.00 bits per heavy atom. The van der Waals surface area contributed by atoms with Gasteiger partial charge >= 0.3 is 0 Å². The standard InChI is InChI=1S/C12H9F2IN2/c13-10-5-8(16)6-11(14)12(10)17-9-3-1-7(15)2-4-9/h1-6,17H,16H2. The van der Waals surface area contributed by atoms with E-state index in [0.717, 1.165) is 15.7 Å². The van der Waals surface area contributed by atoms with E-state index in [4.69, 9.17) is 5.73 Å². The Labute approximate surface area is 111 Å². The van der Waals surface area contributed by atoms with Crippen molar-refractivity contribution in [3.8, 4) is 0 Å². The summed E-state index contributed by atoms with van der Waals surface area (Å²) in [5.41, 5.74) is 5.82. The minimum atomic E-state index is -0.707. The lowest BCUT2D eigenvalue weighted by atomic mass is 10.2. The van der Waals surface area contributed by atoms with Crippen molar-refractivity contribution in [2.45, 2.75) is 0 Å². The third kappa shape index (κ3) is 2.85. The Bertz CT molecular complexity index is 518. The molecule has 2 rings (SSSR count). The zero-order chi connectivity index (χ0) is 12.4. The van der Waals surface area contributed by atoms with Crippen LogP contribution in [0.4, 0.5) is 25.8 Å². The van der Waals surface area contributed by atoms with E-state index in [9.17, 15) is 8.78 Å². The molecule has 0 unspecified atom stereocenters. The smallest absolute Gasteiger partial charge is 0.151 e. The molecule has 0 bridgehead atoms. The Hall–Kier alpha value is -1.37. The first-order valence-electron chi connectivity index (χ1n) is 4.83. The molecular formula is C12H9F2IN2. The highest BCUT2D eigenvalue weighted by molar-refractivity contribution is 14.1. The van der Waals surface area contributed by atoms with Gasteiger partial charge in [0, 0.05) is 14.9 Å². The van der Waals surface area contributed by atoms with Crippen LogP contribution in [0, 0.1) is 15.2 Å². The highest BCUT2D eigenvalue weighted by atomic mass is 127. The largest absolute Gasteiger partial charge is 0.399 e. The summed E-state index contributed by atoms with van der Waals surface area (Å²) >= 11 is 2.15. The van der Waals surface area contributed by atoms with Crippen LogP contribution < -0.4 is 11.1 Å². The summed E-state index contributed by atoms with van der Waals surface area (Å²) in [7, 11) is 0. The zero-order valence-corrected chi connectivity index (χ0v) is 10.8. The van der Waals surface area contributed by atoms with E-state index < -0.39 is 11.6 Å². The molecule has 0 aliphatic carbocycles. The van der Waals surface area contributed by atoms with Gasteiger partial charge in [-0.25, -0.2) is 8.78 Å². The van der Waals surface area contributed by atoms with Crippen LogP contribution in [0.3, 0.4) is 0 Å². The SMILES string of the molecule is Nc1cc(F)c(Nc2ccc(I)cc2)c(F)c1. The van der Waals surface area contributed by atoms with E-state index >= 15 is 0 Å². The molecule has 0 aliphatic rings. The lowest BCUT2D eigenvalue weighted by Crippen LogP contribution is -1.99. The molecule has 0 saturated heterocycles. The van der Waals surface area contributed by atoms with Crippen molar-refractivity contribution in [3.63, 3.8) is 0 Å². The molecular weight excluding hydrogens is 337 g/mol. The summed E-state index contributed by atoms with van der Waals surface area (Å²) in [5, 5.41) is 2.69. The molecule has 17 heavy (non-hydrogen) atoms. The second-order valence-electron chi connectivity index (χ2n) is 3.49. The number of nitrogens with one attached hydrogen (secondary N) is 1. The van der Waals surface area contributed by atoms with Gasteiger partial charge in [0.2, 0.25) is 0 Å². The summed E-state index contributed by atoms with van der Waals surface area (Å²) in [6.07, 6.45) is 0. The monoisotopic (exact) mass is 346 g/mol. The zero-order valence-electron chi connectivity index (χ0n) is 8.68. The molecule has 2 aromatic carbocycles. The van der Waals surface area contributed by atoms with Crippen LogP contribution >= 0.6 is 22.6 Å². The van der Waals surface area contributed by atoms with E-state index in [1.807, 2.05) is 12.1 Å². The number of benzene rings is 2. The molecule has 2 nitrogen and oxygen atoms in total. The van der Waals surface area contributed by atoms with E-state index in [-0.39, 0.29) is 11.4 Å². The van der Waals surface area contributed by atoms with E-state index in [0.29, 0.717) is 5.69 Å². The van der Waals surface area contributed by atoms with Crippen LogP contribution in [-0.4, -0.2) is 0 Å². The Kier molecular flexibility index (Phi) is 3.46.